The molecule has 0 bridgehead atoms. The average molecular weight is 441 g/mol. The van der Waals surface area contributed by atoms with Crippen molar-refractivity contribution in [3.05, 3.63) is 41.7 Å². The molecule has 2 aromatic heterocycles. The van der Waals surface area contributed by atoms with Gasteiger partial charge in [-0.15, -0.1) is 34.2 Å². The highest BCUT2D eigenvalue weighted by Crippen LogP contribution is 2.13. The predicted octanol–water partition coefficient (Wildman–Crippen LogP) is 1.88. The van der Waals surface area contributed by atoms with Crippen molar-refractivity contribution >= 4 is 29.9 Å². The van der Waals surface area contributed by atoms with E-state index in [1.54, 1.807) is 6.20 Å². The lowest BCUT2D eigenvalue weighted by atomic mass is 10.2. The third kappa shape index (κ3) is 4.89. The van der Waals surface area contributed by atoms with Gasteiger partial charge in [-0.25, -0.2) is 4.99 Å². The lowest BCUT2D eigenvalue weighted by Crippen LogP contribution is -2.37. The number of halogens is 1. The first kappa shape index (κ1) is 18.6. The van der Waals surface area contributed by atoms with Crippen LogP contribution in [-0.4, -0.2) is 32.3 Å². The predicted molar refractivity (Wildman–Crippen MR) is 104 cm³/mol. The molecule has 0 radical (unpaired) electrons. The average Bonchev–Trinajstić information content (AvgIpc) is 3.01. The number of aliphatic imine (C=N–C) groups is 1. The van der Waals surface area contributed by atoms with E-state index < -0.39 is 0 Å². The van der Waals surface area contributed by atoms with Gasteiger partial charge in [0.1, 0.15) is 5.82 Å². The molecule has 0 saturated heterocycles. The minimum Gasteiger partial charge on any atom is -0.357 e. The lowest BCUT2D eigenvalue weighted by molar-refractivity contribution is 0.504. The number of nitrogens with zero attached hydrogens (tertiary/aromatic N) is 5. The second-order valence-corrected chi connectivity index (χ2v) is 5.51. The Morgan fingerprint density at radius 3 is 2.96 bits per heavy atom. The standard InChI is InChI=1S/C16H23N7.HI/c1-2-17-16(19-11-13-7-3-5-9-18-13)20-12-15-22-21-14-8-4-6-10-23(14)15;/h3,5,7,9H,2,4,6,8,10-12H2,1H3,(H2,17,19,20);1H. The molecule has 0 fully saturated rings. The zero-order valence-corrected chi connectivity index (χ0v) is 16.2. The Morgan fingerprint density at radius 2 is 2.17 bits per heavy atom. The van der Waals surface area contributed by atoms with Crippen molar-refractivity contribution in [1.82, 2.24) is 30.4 Å². The van der Waals surface area contributed by atoms with Gasteiger partial charge >= 0.3 is 0 Å². The van der Waals surface area contributed by atoms with Crippen LogP contribution in [0, 0.1) is 0 Å². The molecule has 24 heavy (non-hydrogen) atoms. The molecular formula is C16H24IN7. The zero-order valence-electron chi connectivity index (χ0n) is 13.9. The van der Waals surface area contributed by atoms with Gasteiger partial charge in [-0.1, -0.05) is 6.07 Å². The number of rotatable bonds is 5. The summed E-state index contributed by atoms with van der Waals surface area (Å²) in [4.78, 5) is 8.86. The Hall–Kier alpha value is -1.71. The highest BCUT2D eigenvalue weighted by molar-refractivity contribution is 14.0. The number of hydrogen-bond donors (Lipinski definition) is 2. The molecule has 0 amide bonds. The summed E-state index contributed by atoms with van der Waals surface area (Å²) in [6, 6.07) is 5.85. The Kier molecular flexibility index (Phi) is 7.41. The number of aryl methyl sites for hydroxylation is 1. The second kappa shape index (κ2) is 9.55. The Bertz CT molecular complexity index is 654. The summed E-state index contributed by atoms with van der Waals surface area (Å²) < 4.78 is 2.22. The quantitative estimate of drug-likeness (QED) is 0.421. The largest absolute Gasteiger partial charge is 0.357 e. The maximum atomic E-state index is 4.57. The van der Waals surface area contributed by atoms with Crippen LogP contribution in [0.4, 0.5) is 0 Å². The molecule has 2 N–H and O–H groups in total. The van der Waals surface area contributed by atoms with Crippen LogP contribution in [0.3, 0.4) is 0 Å². The fraction of sp³-hybridized carbons (Fsp3) is 0.500. The van der Waals surface area contributed by atoms with Crippen LogP contribution in [0.25, 0.3) is 0 Å². The van der Waals surface area contributed by atoms with E-state index >= 15 is 0 Å². The molecule has 130 valence electrons. The van der Waals surface area contributed by atoms with E-state index in [1.807, 2.05) is 18.2 Å². The van der Waals surface area contributed by atoms with E-state index in [0.29, 0.717) is 13.1 Å². The van der Waals surface area contributed by atoms with Crippen molar-refractivity contribution in [3.63, 3.8) is 0 Å². The Balaban J connectivity index is 0.00000208. The van der Waals surface area contributed by atoms with E-state index in [-0.39, 0.29) is 24.0 Å². The molecule has 7 nitrogen and oxygen atoms in total. The molecule has 2 aromatic rings. The van der Waals surface area contributed by atoms with Crippen molar-refractivity contribution in [2.24, 2.45) is 4.99 Å². The van der Waals surface area contributed by atoms with E-state index in [2.05, 4.69) is 42.3 Å². The number of pyridine rings is 1. The van der Waals surface area contributed by atoms with Crippen LogP contribution < -0.4 is 10.6 Å². The van der Waals surface area contributed by atoms with Gasteiger partial charge in [-0.3, -0.25) is 4.98 Å². The molecule has 0 saturated carbocycles. The third-order valence-corrected chi connectivity index (χ3v) is 3.82. The normalized spacial score (nSPS) is 13.8. The summed E-state index contributed by atoms with van der Waals surface area (Å²) >= 11 is 0. The summed E-state index contributed by atoms with van der Waals surface area (Å²) in [6.45, 7) is 5.05. The van der Waals surface area contributed by atoms with Gasteiger partial charge in [0, 0.05) is 25.7 Å². The molecule has 0 spiro atoms. The first-order valence-electron chi connectivity index (χ1n) is 8.20. The second-order valence-electron chi connectivity index (χ2n) is 5.51. The summed E-state index contributed by atoms with van der Waals surface area (Å²) in [5, 5.41) is 15.2. The molecule has 1 aliphatic heterocycles. The number of guanidine groups is 1. The van der Waals surface area contributed by atoms with Crippen LogP contribution in [0.1, 0.15) is 37.1 Å². The van der Waals surface area contributed by atoms with Gasteiger partial charge < -0.3 is 15.2 Å². The Morgan fingerprint density at radius 1 is 1.25 bits per heavy atom. The van der Waals surface area contributed by atoms with E-state index in [4.69, 9.17) is 0 Å². The fourth-order valence-electron chi connectivity index (χ4n) is 2.66. The van der Waals surface area contributed by atoms with Crippen molar-refractivity contribution < 1.29 is 0 Å². The van der Waals surface area contributed by atoms with Crippen LogP contribution >= 0.6 is 24.0 Å². The monoisotopic (exact) mass is 441 g/mol. The SMILES string of the molecule is CCNC(=NCc1ccccn1)NCc1nnc2n1CCCC2.I. The molecule has 0 aromatic carbocycles. The van der Waals surface area contributed by atoms with Gasteiger partial charge in [0.15, 0.2) is 11.8 Å². The van der Waals surface area contributed by atoms with Crippen LogP contribution in [0.15, 0.2) is 29.4 Å². The highest BCUT2D eigenvalue weighted by atomic mass is 127. The molecule has 3 rings (SSSR count). The zero-order chi connectivity index (χ0) is 15.9. The summed E-state index contributed by atoms with van der Waals surface area (Å²) in [5.41, 5.74) is 0.949. The number of aromatic nitrogens is 4. The minimum atomic E-state index is 0. The topological polar surface area (TPSA) is 80.0 Å². The van der Waals surface area contributed by atoms with Crippen LogP contribution in [-0.2, 0) is 26.1 Å². The first-order valence-corrected chi connectivity index (χ1v) is 8.20. The van der Waals surface area contributed by atoms with E-state index in [9.17, 15) is 0 Å². The van der Waals surface area contributed by atoms with Crippen molar-refractivity contribution in [2.45, 2.75) is 45.8 Å². The van der Waals surface area contributed by atoms with E-state index in [1.165, 1.54) is 12.8 Å². The number of nitrogens with one attached hydrogen (secondary N) is 2. The summed E-state index contributed by atoms with van der Waals surface area (Å²) in [7, 11) is 0. The molecule has 1 aliphatic rings. The van der Waals surface area contributed by atoms with Crippen LogP contribution in [0.5, 0.6) is 0 Å². The maximum absolute atomic E-state index is 4.57. The van der Waals surface area contributed by atoms with Crippen molar-refractivity contribution in [3.8, 4) is 0 Å². The molecule has 0 aliphatic carbocycles. The van der Waals surface area contributed by atoms with E-state index in [0.717, 1.165) is 42.8 Å². The number of fused-ring (bicyclic) bond motifs is 1. The van der Waals surface area contributed by atoms with Gasteiger partial charge in [-0.2, -0.15) is 0 Å². The molecule has 8 heteroatoms. The smallest absolute Gasteiger partial charge is 0.192 e. The Labute approximate surface area is 159 Å². The number of hydrogen-bond acceptors (Lipinski definition) is 4. The lowest BCUT2D eigenvalue weighted by Gasteiger charge is -2.16. The van der Waals surface area contributed by atoms with Gasteiger partial charge in [-0.05, 0) is 31.9 Å². The van der Waals surface area contributed by atoms with Gasteiger partial charge in [0.2, 0.25) is 0 Å². The van der Waals surface area contributed by atoms with Gasteiger partial charge in [0.25, 0.3) is 0 Å². The highest BCUT2D eigenvalue weighted by Gasteiger charge is 2.15. The van der Waals surface area contributed by atoms with Crippen LogP contribution in [0.2, 0.25) is 0 Å². The van der Waals surface area contributed by atoms with Crippen molar-refractivity contribution in [1.29, 1.82) is 0 Å². The molecule has 0 unspecified atom stereocenters. The third-order valence-electron chi connectivity index (χ3n) is 3.82. The maximum Gasteiger partial charge on any atom is 0.192 e. The summed E-state index contributed by atoms with van der Waals surface area (Å²) in [5.74, 6) is 2.85. The molecular weight excluding hydrogens is 417 g/mol. The summed E-state index contributed by atoms with van der Waals surface area (Å²) in [6.07, 6.45) is 5.22. The van der Waals surface area contributed by atoms with Crippen molar-refractivity contribution in [2.75, 3.05) is 6.54 Å². The fourth-order valence-corrected chi connectivity index (χ4v) is 2.66. The minimum absolute atomic E-state index is 0. The first-order chi connectivity index (χ1) is 11.4. The molecule has 0 atom stereocenters. The molecule has 3 heterocycles. The van der Waals surface area contributed by atoms with Gasteiger partial charge in [0.05, 0.1) is 18.8 Å².